The van der Waals surface area contributed by atoms with Gasteiger partial charge in [-0.15, -0.1) is 0 Å². The number of benzene rings is 1. The summed E-state index contributed by atoms with van der Waals surface area (Å²) in [5.74, 6) is -3.87. The lowest BCUT2D eigenvalue weighted by Gasteiger charge is -2.43. The topological polar surface area (TPSA) is 82.3 Å². The first-order chi connectivity index (χ1) is 23.4. The number of rotatable bonds is 10. The van der Waals surface area contributed by atoms with Gasteiger partial charge in [-0.3, -0.25) is 14.7 Å². The Morgan fingerprint density at radius 2 is 1.98 bits per heavy atom. The number of amides is 1. The number of likely N-dealkylation sites (N-methyl/N-ethyl adjacent to an activating group) is 1. The molecule has 3 aromatic rings. The summed E-state index contributed by atoms with van der Waals surface area (Å²) in [5.41, 5.74) is 2.58. The van der Waals surface area contributed by atoms with Crippen molar-refractivity contribution in [1.29, 1.82) is 0 Å². The van der Waals surface area contributed by atoms with Gasteiger partial charge in [0.1, 0.15) is 18.5 Å². The summed E-state index contributed by atoms with van der Waals surface area (Å²) in [5, 5.41) is 2.46. The number of pyridine rings is 1. The summed E-state index contributed by atoms with van der Waals surface area (Å²) in [6.45, 7) is 16.7. The van der Waals surface area contributed by atoms with E-state index in [9.17, 15) is 18.0 Å². The number of halogens is 4. The fraction of sp³-hybridized carbons (Fsp3) is 0.514. The Morgan fingerprint density at radius 3 is 2.69 bits per heavy atom. The largest absolute Gasteiger partial charge is 0.462 e. The molecule has 2 aromatic heterocycles. The van der Waals surface area contributed by atoms with Gasteiger partial charge in [0.15, 0.2) is 5.83 Å². The number of anilines is 2. The first kappa shape index (κ1) is 34.7. The molecular weight excluding hydrogens is 657 g/mol. The molecular formula is C35H40ClF3N8O2. The second-order valence-corrected chi connectivity index (χ2v) is 13.8. The van der Waals surface area contributed by atoms with Crippen LogP contribution in [-0.4, -0.2) is 101 Å². The minimum absolute atomic E-state index is 0.00370. The van der Waals surface area contributed by atoms with Crippen LogP contribution < -0.4 is 14.5 Å². The minimum Gasteiger partial charge on any atom is -0.462 e. The third-order valence-electron chi connectivity index (χ3n) is 10.2. The van der Waals surface area contributed by atoms with Crippen LogP contribution >= 0.6 is 11.6 Å². The van der Waals surface area contributed by atoms with Gasteiger partial charge in [-0.1, -0.05) is 30.3 Å². The van der Waals surface area contributed by atoms with Crippen LogP contribution in [0.2, 0.25) is 5.02 Å². The van der Waals surface area contributed by atoms with Crippen LogP contribution in [0.15, 0.2) is 43.0 Å². The van der Waals surface area contributed by atoms with Gasteiger partial charge in [-0.05, 0) is 39.3 Å². The summed E-state index contributed by atoms with van der Waals surface area (Å²) in [6.07, 6.45) is 3.97. The van der Waals surface area contributed by atoms with Crippen molar-refractivity contribution in [3.63, 3.8) is 0 Å². The fourth-order valence-electron chi connectivity index (χ4n) is 7.16. The lowest BCUT2D eigenvalue weighted by atomic mass is 9.76. The van der Waals surface area contributed by atoms with Gasteiger partial charge in [0.05, 0.1) is 29.1 Å². The van der Waals surface area contributed by atoms with Gasteiger partial charge < -0.3 is 24.3 Å². The molecule has 14 heteroatoms. The molecule has 2 aliphatic heterocycles. The molecule has 3 atom stereocenters. The smallest absolute Gasteiger partial charge is 0.318 e. The average Bonchev–Trinajstić information content (AvgIpc) is 3.07. The lowest BCUT2D eigenvalue weighted by molar-refractivity contribution is -0.131. The van der Waals surface area contributed by atoms with E-state index in [1.54, 1.807) is 12.4 Å². The summed E-state index contributed by atoms with van der Waals surface area (Å²) in [4.78, 5) is 37.9. The molecule has 49 heavy (non-hydrogen) atoms. The number of piperazine rings is 1. The Bertz CT molecular complexity index is 1770. The molecule has 260 valence electrons. The normalized spacial score (nSPS) is 20.4. The van der Waals surface area contributed by atoms with Crippen LogP contribution in [0.5, 0.6) is 6.01 Å². The van der Waals surface area contributed by atoms with E-state index in [1.165, 1.54) is 4.90 Å². The molecule has 6 rings (SSSR count). The zero-order valence-electron chi connectivity index (χ0n) is 27.9. The van der Waals surface area contributed by atoms with E-state index >= 15 is 0 Å². The molecule has 0 N–H and O–H groups in total. The van der Waals surface area contributed by atoms with Crippen molar-refractivity contribution in [1.82, 2.24) is 24.8 Å². The van der Waals surface area contributed by atoms with Gasteiger partial charge in [0, 0.05) is 73.6 Å². The number of fused-ring (bicyclic) bond motifs is 2. The van der Waals surface area contributed by atoms with Gasteiger partial charge in [-0.25, -0.2) is 19.7 Å². The number of alkyl halides is 2. The maximum absolute atomic E-state index is 13.9. The molecule has 10 nitrogen and oxygen atoms in total. The zero-order valence-corrected chi connectivity index (χ0v) is 28.6. The molecule has 0 radical (unpaired) electrons. The van der Waals surface area contributed by atoms with Crippen LogP contribution in [0.1, 0.15) is 37.9 Å². The highest BCUT2D eigenvalue weighted by Gasteiger charge is 2.48. The highest BCUT2D eigenvalue weighted by molar-refractivity contribution is 6.36. The molecule has 3 aliphatic rings. The number of nitrogens with zero attached hydrogens (tertiary/aromatic N) is 8. The zero-order chi connectivity index (χ0) is 35.0. The Kier molecular flexibility index (Phi) is 9.91. The van der Waals surface area contributed by atoms with Crippen LogP contribution in [0.25, 0.3) is 15.6 Å². The molecule has 1 saturated heterocycles. The van der Waals surface area contributed by atoms with Crippen LogP contribution in [-0.2, 0) is 17.8 Å². The third-order valence-corrected chi connectivity index (χ3v) is 10.6. The highest BCUT2D eigenvalue weighted by Crippen LogP contribution is 2.45. The van der Waals surface area contributed by atoms with E-state index in [-0.39, 0.29) is 63.1 Å². The van der Waals surface area contributed by atoms with Crippen molar-refractivity contribution >= 4 is 39.8 Å². The van der Waals surface area contributed by atoms with E-state index in [2.05, 4.69) is 26.2 Å². The molecule has 1 amide bonds. The Labute approximate surface area is 289 Å². The first-order valence-electron chi connectivity index (χ1n) is 16.5. The maximum atomic E-state index is 13.9. The molecule has 1 aliphatic carbocycles. The molecule has 0 unspecified atom stereocenters. The number of carbonyl (C=O) groups is 1. The van der Waals surface area contributed by atoms with Crippen molar-refractivity contribution in [2.24, 2.45) is 5.92 Å². The van der Waals surface area contributed by atoms with E-state index in [4.69, 9.17) is 32.9 Å². The van der Waals surface area contributed by atoms with Crippen molar-refractivity contribution in [2.45, 2.75) is 63.7 Å². The van der Waals surface area contributed by atoms with Crippen molar-refractivity contribution in [2.75, 3.05) is 56.2 Å². The van der Waals surface area contributed by atoms with E-state index in [0.717, 1.165) is 27.7 Å². The molecule has 0 bridgehead atoms. The molecule has 1 aromatic carbocycles. The average molecular weight is 697 g/mol. The minimum atomic E-state index is -2.58. The van der Waals surface area contributed by atoms with Crippen LogP contribution in [0, 0.1) is 12.5 Å². The van der Waals surface area contributed by atoms with Crippen molar-refractivity contribution < 1.29 is 22.7 Å². The van der Waals surface area contributed by atoms with Crippen molar-refractivity contribution in [3.05, 3.63) is 70.7 Å². The molecule has 2 fully saturated rings. The van der Waals surface area contributed by atoms with Gasteiger partial charge >= 0.3 is 6.01 Å². The predicted octanol–water partition coefficient (Wildman–Crippen LogP) is 5.79. The Balaban J connectivity index is 1.29. The lowest BCUT2D eigenvalue weighted by Crippen LogP contribution is -2.57. The maximum Gasteiger partial charge on any atom is 0.318 e. The Morgan fingerprint density at radius 1 is 1.20 bits per heavy atom. The second-order valence-electron chi connectivity index (χ2n) is 13.4. The number of aromatic nitrogens is 3. The Hall–Kier alpha value is -4.15. The van der Waals surface area contributed by atoms with Gasteiger partial charge in [0.25, 0.3) is 5.91 Å². The predicted molar refractivity (Wildman–Crippen MR) is 183 cm³/mol. The quantitative estimate of drug-likeness (QED) is 0.195. The summed E-state index contributed by atoms with van der Waals surface area (Å²) in [6, 6.07) is 5.17. The standard InChI is InChI=1S/C35H40ClF3N8O2/c1-21(44(5)23(3)25-13-35(38,39)14-25)20-49-34-42-29-19-45(30-17-41-15-24-7-6-8-28(36)31(24)30)10-9-27(29)32(43-34)46-11-12-47(33(48)22(2)37)26(18-46)16-40-4/h6-8,15,17,21,23,25-26H,2,9-14,16,18-20H2,1,3,5H3/t21-,23+,26+/m1/s1. The molecule has 1 saturated carbocycles. The SMILES string of the molecule is [C-]#[N+]C[C@H]1CN(c2nc(OC[C@@H](C)N(C)[C@@H](C)C3CC(F)(F)C3)nc3c2CCN(c2cncc4cccc(Cl)c24)C3)CCN1C(=O)C(=C)F. The monoisotopic (exact) mass is 696 g/mol. The third kappa shape index (κ3) is 7.12. The highest BCUT2D eigenvalue weighted by atomic mass is 35.5. The van der Waals surface area contributed by atoms with Crippen molar-refractivity contribution in [3.8, 4) is 6.01 Å². The summed E-state index contributed by atoms with van der Waals surface area (Å²) in [7, 11) is 1.92. The second kappa shape index (κ2) is 14.0. The number of ether oxygens (including phenoxy) is 1. The van der Waals surface area contributed by atoms with Crippen LogP contribution in [0.4, 0.5) is 24.7 Å². The summed E-state index contributed by atoms with van der Waals surface area (Å²) >= 11 is 6.67. The van der Waals surface area contributed by atoms with Gasteiger partial charge in [-0.2, -0.15) is 9.97 Å². The summed E-state index contributed by atoms with van der Waals surface area (Å²) < 4.78 is 47.3. The number of hydrogen-bond acceptors (Lipinski definition) is 8. The first-order valence-corrected chi connectivity index (χ1v) is 16.9. The van der Waals surface area contributed by atoms with E-state index in [0.29, 0.717) is 36.9 Å². The fourth-order valence-corrected chi connectivity index (χ4v) is 7.44. The number of carbonyl (C=O) groups excluding carboxylic acids is 1. The molecule has 4 heterocycles. The van der Waals surface area contributed by atoms with Crippen LogP contribution in [0.3, 0.4) is 0 Å². The van der Waals surface area contributed by atoms with Gasteiger partial charge in [0.2, 0.25) is 12.5 Å². The van der Waals surface area contributed by atoms with E-state index in [1.807, 2.05) is 44.0 Å². The van der Waals surface area contributed by atoms with E-state index < -0.39 is 23.7 Å². The molecule has 0 spiro atoms. The number of hydrogen-bond donors (Lipinski definition) is 0.